The van der Waals surface area contributed by atoms with E-state index in [0.717, 1.165) is 24.0 Å². The van der Waals surface area contributed by atoms with E-state index >= 15 is 0 Å². The summed E-state index contributed by atoms with van der Waals surface area (Å²) in [5, 5.41) is 0. The fourth-order valence-corrected chi connectivity index (χ4v) is 1.57. The van der Waals surface area contributed by atoms with Gasteiger partial charge < -0.3 is 10.3 Å². The van der Waals surface area contributed by atoms with Gasteiger partial charge in [0.1, 0.15) is 5.82 Å². The number of nitrogen functional groups attached to an aromatic ring is 1. The van der Waals surface area contributed by atoms with Gasteiger partial charge in [-0.1, -0.05) is 6.92 Å². The first-order valence-corrected chi connectivity index (χ1v) is 4.63. The summed E-state index contributed by atoms with van der Waals surface area (Å²) in [6, 6.07) is 4.51. The molecule has 1 heterocycles. The van der Waals surface area contributed by atoms with E-state index in [4.69, 9.17) is 5.73 Å². The molecule has 0 aliphatic heterocycles. The van der Waals surface area contributed by atoms with Gasteiger partial charge in [-0.25, -0.2) is 9.37 Å². The van der Waals surface area contributed by atoms with Crippen LogP contribution in [0.25, 0.3) is 11.0 Å². The van der Waals surface area contributed by atoms with Crippen molar-refractivity contribution in [3.05, 3.63) is 24.0 Å². The molecule has 0 bridgehead atoms. The van der Waals surface area contributed by atoms with E-state index in [9.17, 15) is 4.39 Å². The molecule has 0 unspecified atom stereocenters. The van der Waals surface area contributed by atoms with Crippen LogP contribution in [0.15, 0.2) is 18.2 Å². The maximum Gasteiger partial charge on any atom is 0.201 e. The fourth-order valence-electron chi connectivity index (χ4n) is 1.57. The van der Waals surface area contributed by atoms with Gasteiger partial charge in [-0.15, -0.1) is 0 Å². The Morgan fingerprint density at radius 3 is 3.00 bits per heavy atom. The second kappa shape index (κ2) is 3.29. The Morgan fingerprint density at radius 1 is 1.50 bits per heavy atom. The van der Waals surface area contributed by atoms with Crippen molar-refractivity contribution >= 4 is 17.0 Å². The minimum absolute atomic E-state index is 0.255. The number of nitrogens with zero attached hydrogens (tertiary/aromatic N) is 2. The molecule has 74 valence electrons. The van der Waals surface area contributed by atoms with E-state index in [1.54, 1.807) is 6.07 Å². The van der Waals surface area contributed by atoms with Crippen LogP contribution in [0.5, 0.6) is 0 Å². The molecule has 0 spiro atoms. The Balaban J connectivity index is 2.66. The zero-order valence-corrected chi connectivity index (χ0v) is 8.00. The second-order valence-electron chi connectivity index (χ2n) is 3.25. The van der Waals surface area contributed by atoms with Crippen LogP contribution in [-0.4, -0.2) is 9.55 Å². The first-order valence-electron chi connectivity index (χ1n) is 4.63. The van der Waals surface area contributed by atoms with Gasteiger partial charge in [0.15, 0.2) is 0 Å². The summed E-state index contributed by atoms with van der Waals surface area (Å²) in [6.45, 7) is 2.82. The SMILES string of the molecule is CCCn1c(N)nc2ccc(F)cc21. The van der Waals surface area contributed by atoms with E-state index < -0.39 is 0 Å². The topological polar surface area (TPSA) is 43.8 Å². The summed E-state index contributed by atoms with van der Waals surface area (Å²) in [6.07, 6.45) is 0.951. The molecule has 0 saturated carbocycles. The molecule has 2 aromatic rings. The third-order valence-corrected chi connectivity index (χ3v) is 2.19. The molecule has 0 aliphatic rings. The van der Waals surface area contributed by atoms with Gasteiger partial charge in [-0.05, 0) is 24.6 Å². The minimum Gasteiger partial charge on any atom is -0.369 e. The third kappa shape index (κ3) is 1.32. The average molecular weight is 193 g/mol. The van der Waals surface area contributed by atoms with Gasteiger partial charge in [0.2, 0.25) is 5.95 Å². The van der Waals surface area contributed by atoms with Crippen LogP contribution in [0, 0.1) is 5.82 Å². The number of aromatic nitrogens is 2. The fraction of sp³-hybridized carbons (Fsp3) is 0.300. The van der Waals surface area contributed by atoms with E-state index in [1.807, 2.05) is 11.5 Å². The number of benzene rings is 1. The summed E-state index contributed by atoms with van der Waals surface area (Å²) < 4.78 is 14.8. The summed E-state index contributed by atoms with van der Waals surface area (Å²) in [5.41, 5.74) is 7.23. The number of hydrogen-bond donors (Lipinski definition) is 1. The summed E-state index contributed by atoms with van der Waals surface area (Å²) >= 11 is 0. The Kier molecular flexibility index (Phi) is 2.11. The van der Waals surface area contributed by atoms with Crippen LogP contribution in [0.2, 0.25) is 0 Å². The van der Waals surface area contributed by atoms with E-state index in [0.29, 0.717) is 5.95 Å². The zero-order valence-electron chi connectivity index (χ0n) is 8.00. The Morgan fingerprint density at radius 2 is 2.29 bits per heavy atom. The number of imidazole rings is 1. The van der Waals surface area contributed by atoms with Crippen LogP contribution < -0.4 is 5.73 Å². The molecule has 0 radical (unpaired) electrons. The van der Waals surface area contributed by atoms with Crippen LogP contribution in [0.3, 0.4) is 0 Å². The normalized spacial score (nSPS) is 11.0. The average Bonchev–Trinajstić information content (AvgIpc) is 2.45. The van der Waals surface area contributed by atoms with Crippen molar-refractivity contribution in [3.63, 3.8) is 0 Å². The Hall–Kier alpha value is -1.58. The molecule has 14 heavy (non-hydrogen) atoms. The molecule has 0 fully saturated rings. The predicted octanol–water partition coefficient (Wildman–Crippen LogP) is 2.17. The highest BCUT2D eigenvalue weighted by Gasteiger charge is 2.07. The van der Waals surface area contributed by atoms with Crippen LogP contribution >= 0.6 is 0 Å². The molecule has 3 nitrogen and oxygen atoms in total. The van der Waals surface area contributed by atoms with Crippen molar-refractivity contribution in [2.45, 2.75) is 19.9 Å². The molecule has 0 amide bonds. The number of rotatable bonds is 2. The van der Waals surface area contributed by atoms with Gasteiger partial charge >= 0.3 is 0 Å². The molecule has 2 rings (SSSR count). The Bertz CT molecular complexity index is 462. The number of aryl methyl sites for hydroxylation is 1. The Labute approximate surface area is 81.4 Å². The van der Waals surface area contributed by atoms with Crippen molar-refractivity contribution in [2.75, 3.05) is 5.73 Å². The second-order valence-corrected chi connectivity index (χ2v) is 3.25. The molecule has 0 aliphatic carbocycles. The lowest BCUT2D eigenvalue weighted by Crippen LogP contribution is -2.02. The number of halogens is 1. The minimum atomic E-state index is -0.255. The molecule has 4 heteroatoms. The van der Waals surface area contributed by atoms with Crippen molar-refractivity contribution in [3.8, 4) is 0 Å². The van der Waals surface area contributed by atoms with Gasteiger partial charge in [0.25, 0.3) is 0 Å². The smallest absolute Gasteiger partial charge is 0.201 e. The molecular formula is C10H12FN3. The molecule has 0 atom stereocenters. The van der Waals surface area contributed by atoms with Gasteiger partial charge in [0, 0.05) is 6.54 Å². The number of nitrogens with two attached hydrogens (primary N) is 1. The lowest BCUT2D eigenvalue weighted by atomic mass is 10.3. The quantitative estimate of drug-likeness (QED) is 0.794. The van der Waals surface area contributed by atoms with Crippen molar-refractivity contribution < 1.29 is 4.39 Å². The molecule has 1 aromatic heterocycles. The van der Waals surface area contributed by atoms with Crippen molar-refractivity contribution in [2.24, 2.45) is 0 Å². The maximum absolute atomic E-state index is 13.0. The van der Waals surface area contributed by atoms with Crippen LogP contribution in [0.4, 0.5) is 10.3 Å². The largest absolute Gasteiger partial charge is 0.369 e. The summed E-state index contributed by atoms with van der Waals surface area (Å²) in [4.78, 5) is 4.15. The highest BCUT2D eigenvalue weighted by Crippen LogP contribution is 2.19. The molecule has 2 N–H and O–H groups in total. The number of fused-ring (bicyclic) bond motifs is 1. The van der Waals surface area contributed by atoms with Crippen LogP contribution in [-0.2, 0) is 6.54 Å². The summed E-state index contributed by atoms with van der Waals surface area (Å²) in [5.74, 6) is 0.196. The van der Waals surface area contributed by atoms with E-state index in [-0.39, 0.29) is 5.82 Å². The van der Waals surface area contributed by atoms with Gasteiger partial charge in [-0.2, -0.15) is 0 Å². The van der Waals surface area contributed by atoms with Gasteiger partial charge in [-0.3, -0.25) is 0 Å². The zero-order chi connectivity index (χ0) is 10.1. The molecular weight excluding hydrogens is 181 g/mol. The van der Waals surface area contributed by atoms with Crippen molar-refractivity contribution in [1.82, 2.24) is 9.55 Å². The summed E-state index contributed by atoms with van der Waals surface area (Å²) in [7, 11) is 0. The predicted molar refractivity (Wildman–Crippen MR) is 54.4 cm³/mol. The first kappa shape index (κ1) is 8.99. The van der Waals surface area contributed by atoms with Gasteiger partial charge in [0.05, 0.1) is 11.0 Å². The lowest BCUT2D eigenvalue weighted by molar-refractivity contribution is 0.627. The van der Waals surface area contributed by atoms with Crippen LogP contribution in [0.1, 0.15) is 13.3 Å². The molecule has 0 saturated heterocycles. The number of anilines is 1. The van der Waals surface area contributed by atoms with E-state index in [1.165, 1.54) is 12.1 Å². The standard InChI is InChI=1S/C10H12FN3/c1-2-5-14-9-6-7(11)3-4-8(9)13-10(14)12/h3-4,6H,2,5H2,1H3,(H2,12,13). The highest BCUT2D eigenvalue weighted by molar-refractivity contribution is 5.78. The lowest BCUT2D eigenvalue weighted by Gasteiger charge is -2.02. The maximum atomic E-state index is 13.0. The molecule has 1 aromatic carbocycles. The highest BCUT2D eigenvalue weighted by atomic mass is 19.1. The first-order chi connectivity index (χ1) is 6.72. The third-order valence-electron chi connectivity index (χ3n) is 2.19. The monoisotopic (exact) mass is 193 g/mol. The van der Waals surface area contributed by atoms with E-state index in [2.05, 4.69) is 4.98 Å². The van der Waals surface area contributed by atoms with Crippen molar-refractivity contribution in [1.29, 1.82) is 0 Å². The number of hydrogen-bond acceptors (Lipinski definition) is 2.